The molecule has 1 saturated heterocycles. The zero-order chi connectivity index (χ0) is 22.4. The van der Waals surface area contributed by atoms with E-state index in [1.807, 2.05) is 18.2 Å². The van der Waals surface area contributed by atoms with Crippen LogP contribution in [0.5, 0.6) is 11.5 Å². The molecule has 0 unspecified atom stereocenters. The molecule has 0 aromatic heterocycles. The number of aliphatic hydroxyl groups is 1. The Hall–Kier alpha value is -2.24. The third-order valence-electron chi connectivity index (χ3n) is 7.83. The highest BCUT2D eigenvalue weighted by atomic mass is 16.5. The van der Waals surface area contributed by atoms with Crippen molar-refractivity contribution in [3.8, 4) is 11.5 Å². The highest BCUT2D eigenvalue weighted by Crippen LogP contribution is 2.68. The Balaban J connectivity index is 1.57. The van der Waals surface area contributed by atoms with Crippen molar-refractivity contribution in [2.24, 2.45) is 10.8 Å². The van der Waals surface area contributed by atoms with Crippen molar-refractivity contribution in [2.45, 2.75) is 39.3 Å². The predicted molar refractivity (Wildman–Crippen MR) is 125 cm³/mol. The topological polar surface area (TPSA) is 45.2 Å². The molecule has 5 nitrogen and oxygen atoms in total. The average molecular weight is 425 g/mol. The first-order chi connectivity index (χ1) is 14.7. The Morgan fingerprint density at radius 3 is 1.94 bits per heavy atom. The van der Waals surface area contributed by atoms with Gasteiger partial charge in [0, 0.05) is 48.7 Å². The van der Waals surface area contributed by atoms with Crippen LogP contribution in [-0.4, -0.2) is 56.4 Å². The van der Waals surface area contributed by atoms with Crippen molar-refractivity contribution in [3.63, 3.8) is 0 Å². The summed E-state index contributed by atoms with van der Waals surface area (Å²) in [5.41, 5.74) is 0.576. The summed E-state index contributed by atoms with van der Waals surface area (Å²) in [6.07, 6.45) is 0. The number of para-hydroxylation sites is 1. The monoisotopic (exact) mass is 424 g/mol. The Morgan fingerprint density at radius 1 is 0.806 bits per heavy atom. The molecule has 168 valence electrons. The van der Waals surface area contributed by atoms with E-state index >= 15 is 0 Å². The largest absolute Gasteiger partial charge is 0.493 e. The van der Waals surface area contributed by atoms with E-state index in [2.05, 4.69) is 67.8 Å². The smallest absolute Gasteiger partial charge is 0.161 e. The van der Waals surface area contributed by atoms with Crippen molar-refractivity contribution in [1.82, 2.24) is 4.90 Å². The number of anilines is 1. The number of methoxy groups -OCH3 is 2. The zero-order valence-corrected chi connectivity index (χ0v) is 19.7. The van der Waals surface area contributed by atoms with Crippen LogP contribution in [-0.2, 0) is 5.60 Å². The van der Waals surface area contributed by atoms with Gasteiger partial charge < -0.3 is 19.5 Å². The number of piperazine rings is 1. The van der Waals surface area contributed by atoms with Crippen molar-refractivity contribution < 1.29 is 14.6 Å². The van der Waals surface area contributed by atoms with Crippen LogP contribution in [0.15, 0.2) is 48.5 Å². The number of rotatable bonds is 5. The summed E-state index contributed by atoms with van der Waals surface area (Å²) < 4.78 is 10.9. The van der Waals surface area contributed by atoms with Gasteiger partial charge in [-0.25, -0.2) is 0 Å². The number of benzene rings is 2. The van der Waals surface area contributed by atoms with Gasteiger partial charge in [0.15, 0.2) is 11.5 Å². The first-order valence-corrected chi connectivity index (χ1v) is 11.2. The van der Waals surface area contributed by atoms with Crippen LogP contribution in [0.25, 0.3) is 0 Å². The number of hydrogen-bond donors (Lipinski definition) is 1. The lowest BCUT2D eigenvalue weighted by Gasteiger charge is -2.72. The number of nitrogens with zero attached hydrogens (tertiary/aromatic N) is 2. The molecular formula is C26H36N2O3. The van der Waals surface area contributed by atoms with Crippen LogP contribution < -0.4 is 14.4 Å². The first kappa shape index (κ1) is 22.0. The molecule has 2 fully saturated rings. The Morgan fingerprint density at radius 2 is 1.39 bits per heavy atom. The summed E-state index contributed by atoms with van der Waals surface area (Å²) in [6, 6.07) is 16.7. The molecule has 2 aliphatic rings. The normalized spacial score (nSPS) is 27.5. The Bertz CT molecular complexity index is 902. The molecule has 0 atom stereocenters. The molecule has 2 aromatic carbocycles. The standard InChI is InChI=1S/C26H36N2O3/c1-24(2)23(28-16-14-27(15-17-28)20-10-8-7-9-11-20)25(3,4)26(24,29)19-12-13-21(30-5)22(18-19)31-6/h7-13,18,23,29H,14-17H2,1-6H3/t23-,26+. The van der Waals surface area contributed by atoms with Crippen molar-refractivity contribution in [1.29, 1.82) is 0 Å². The molecule has 1 heterocycles. The molecule has 0 amide bonds. The van der Waals surface area contributed by atoms with E-state index < -0.39 is 5.60 Å². The van der Waals surface area contributed by atoms with Crippen LogP contribution >= 0.6 is 0 Å². The summed E-state index contributed by atoms with van der Waals surface area (Å²) in [4.78, 5) is 5.03. The lowest BCUT2D eigenvalue weighted by molar-refractivity contribution is -0.308. The van der Waals surface area contributed by atoms with E-state index in [-0.39, 0.29) is 16.9 Å². The molecular weight excluding hydrogens is 388 g/mol. The molecule has 0 spiro atoms. The van der Waals surface area contributed by atoms with Crippen molar-refractivity contribution in [3.05, 3.63) is 54.1 Å². The van der Waals surface area contributed by atoms with Gasteiger partial charge in [-0.3, -0.25) is 4.90 Å². The van der Waals surface area contributed by atoms with Crippen LogP contribution in [0.4, 0.5) is 5.69 Å². The molecule has 1 saturated carbocycles. The predicted octanol–water partition coefficient (Wildman–Crippen LogP) is 4.15. The molecule has 0 radical (unpaired) electrons. The second-order valence-corrected chi connectivity index (χ2v) is 9.98. The summed E-state index contributed by atoms with van der Waals surface area (Å²) >= 11 is 0. The van der Waals surface area contributed by atoms with Gasteiger partial charge in [0.05, 0.1) is 14.2 Å². The highest BCUT2D eigenvalue weighted by Gasteiger charge is 2.73. The minimum absolute atomic E-state index is 0.274. The van der Waals surface area contributed by atoms with E-state index in [1.54, 1.807) is 14.2 Å². The van der Waals surface area contributed by atoms with Crippen LogP contribution in [0.3, 0.4) is 0 Å². The zero-order valence-electron chi connectivity index (χ0n) is 19.7. The first-order valence-electron chi connectivity index (χ1n) is 11.2. The van der Waals surface area contributed by atoms with Crippen LogP contribution in [0, 0.1) is 10.8 Å². The molecule has 1 aliphatic heterocycles. The van der Waals surface area contributed by atoms with Crippen molar-refractivity contribution in [2.75, 3.05) is 45.3 Å². The maximum Gasteiger partial charge on any atom is 0.161 e. The van der Waals surface area contributed by atoms with E-state index in [9.17, 15) is 5.11 Å². The third-order valence-corrected chi connectivity index (χ3v) is 7.83. The fourth-order valence-corrected chi connectivity index (χ4v) is 6.65. The van der Waals surface area contributed by atoms with Gasteiger partial charge in [-0.05, 0) is 29.8 Å². The molecule has 2 aromatic rings. The summed E-state index contributed by atoms with van der Waals surface area (Å²) in [6.45, 7) is 12.8. The van der Waals surface area contributed by atoms with E-state index in [1.165, 1.54) is 5.69 Å². The fourth-order valence-electron chi connectivity index (χ4n) is 6.65. The molecule has 1 aliphatic carbocycles. The van der Waals surface area contributed by atoms with Gasteiger partial charge >= 0.3 is 0 Å². The summed E-state index contributed by atoms with van der Waals surface area (Å²) in [5, 5.41) is 12.1. The Labute approximate surface area is 186 Å². The van der Waals surface area contributed by atoms with Gasteiger partial charge in [-0.2, -0.15) is 0 Å². The molecule has 1 N–H and O–H groups in total. The lowest BCUT2D eigenvalue weighted by Crippen LogP contribution is -2.79. The third kappa shape index (κ3) is 3.13. The van der Waals surface area contributed by atoms with Crippen LogP contribution in [0.1, 0.15) is 33.3 Å². The van der Waals surface area contributed by atoms with Crippen LogP contribution in [0.2, 0.25) is 0 Å². The average Bonchev–Trinajstić information content (AvgIpc) is 2.78. The second kappa shape index (κ2) is 7.72. The molecule has 0 bridgehead atoms. The van der Waals surface area contributed by atoms with E-state index in [0.717, 1.165) is 31.7 Å². The quantitative estimate of drug-likeness (QED) is 0.781. The van der Waals surface area contributed by atoms with E-state index in [0.29, 0.717) is 11.5 Å². The van der Waals surface area contributed by atoms with Gasteiger partial charge in [-0.15, -0.1) is 0 Å². The second-order valence-electron chi connectivity index (χ2n) is 9.98. The minimum atomic E-state index is -0.971. The maximum absolute atomic E-state index is 12.1. The SMILES string of the molecule is COc1ccc([C@]2(O)C(C)(C)[C@@H](N3CCN(c4ccccc4)CC3)C2(C)C)cc1OC. The molecule has 5 heteroatoms. The number of hydrogen-bond acceptors (Lipinski definition) is 5. The van der Waals surface area contributed by atoms with Crippen molar-refractivity contribution >= 4 is 5.69 Å². The fraction of sp³-hybridized carbons (Fsp3) is 0.538. The highest BCUT2D eigenvalue weighted by molar-refractivity contribution is 5.49. The lowest BCUT2D eigenvalue weighted by atomic mass is 9.39. The molecule has 31 heavy (non-hydrogen) atoms. The summed E-state index contributed by atoms with van der Waals surface area (Å²) in [5.74, 6) is 1.33. The van der Waals surface area contributed by atoms with Gasteiger partial charge in [-0.1, -0.05) is 52.0 Å². The minimum Gasteiger partial charge on any atom is -0.493 e. The van der Waals surface area contributed by atoms with E-state index in [4.69, 9.17) is 9.47 Å². The van der Waals surface area contributed by atoms with Gasteiger partial charge in [0.25, 0.3) is 0 Å². The van der Waals surface area contributed by atoms with Gasteiger partial charge in [0.2, 0.25) is 0 Å². The van der Waals surface area contributed by atoms with Gasteiger partial charge in [0.1, 0.15) is 5.60 Å². The maximum atomic E-state index is 12.1. The molecule has 4 rings (SSSR count). The Kier molecular flexibility index (Phi) is 5.47. The number of ether oxygens (including phenoxy) is 2. The summed E-state index contributed by atoms with van der Waals surface area (Å²) in [7, 11) is 3.27.